The highest BCUT2D eigenvalue weighted by atomic mass is 32.2. The third-order valence-corrected chi connectivity index (χ3v) is 6.50. The number of esters is 1. The average molecular weight is 390 g/mol. The van der Waals surface area contributed by atoms with Gasteiger partial charge in [0.15, 0.2) is 19.0 Å². The number of Topliss-reactive ketones (excluding diaryl/α,β-unsaturated/α-hetero) is 1. The van der Waals surface area contributed by atoms with Gasteiger partial charge in [0.25, 0.3) is 5.91 Å². The zero-order valence-electron chi connectivity index (χ0n) is 14.6. The monoisotopic (exact) mass is 390 g/mol. The van der Waals surface area contributed by atoms with Crippen molar-refractivity contribution in [1.29, 1.82) is 0 Å². The van der Waals surface area contributed by atoms with Crippen molar-refractivity contribution >= 4 is 41.0 Å². The number of hydrogen-bond acceptors (Lipinski definition) is 7. The molecule has 2 saturated heterocycles. The molecule has 0 bridgehead atoms. The van der Waals surface area contributed by atoms with Crippen LogP contribution < -0.4 is 10.1 Å². The Hall–Kier alpha value is -2.55. The molecule has 0 aromatic heterocycles. The van der Waals surface area contributed by atoms with Crippen molar-refractivity contribution in [3.63, 3.8) is 0 Å². The molecule has 3 heterocycles. The van der Waals surface area contributed by atoms with Crippen LogP contribution in [0.4, 0.5) is 5.69 Å². The molecule has 142 valence electrons. The van der Waals surface area contributed by atoms with Crippen LogP contribution in [0.3, 0.4) is 0 Å². The Balaban J connectivity index is 1.40. The molecule has 8 nitrogen and oxygen atoms in total. The minimum Gasteiger partial charge on any atom is -0.482 e. The van der Waals surface area contributed by atoms with E-state index in [4.69, 9.17) is 9.47 Å². The second-order valence-electron chi connectivity index (χ2n) is 6.84. The molecule has 3 aliphatic heterocycles. The lowest BCUT2D eigenvalue weighted by Crippen LogP contribution is -2.46. The molecular weight excluding hydrogens is 372 g/mol. The van der Waals surface area contributed by atoms with Gasteiger partial charge < -0.3 is 19.7 Å². The van der Waals surface area contributed by atoms with Crippen LogP contribution in [-0.2, 0) is 19.1 Å². The van der Waals surface area contributed by atoms with Crippen molar-refractivity contribution in [3.8, 4) is 5.75 Å². The van der Waals surface area contributed by atoms with E-state index in [2.05, 4.69) is 5.32 Å². The Morgan fingerprint density at radius 1 is 1.41 bits per heavy atom. The molecule has 0 saturated carbocycles. The van der Waals surface area contributed by atoms with E-state index in [1.807, 2.05) is 6.92 Å². The summed E-state index contributed by atoms with van der Waals surface area (Å²) in [6.07, 6.45) is 1.14. The third kappa shape index (κ3) is 3.16. The van der Waals surface area contributed by atoms with E-state index in [1.54, 1.807) is 28.8 Å². The summed E-state index contributed by atoms with van der Waals surface area (Å²) < 4.78 is 10.4. The maximum Gasteiger partial charge on any atom is 0.330 e. The number of hydrogen-bond donors (Lipinski definition) is 1. The molecule has 27 heavy (non-hydrogen) atoms. The summed E-state index contributed by atoms with van der Waals surface area (Å²) in [5, 5.41) is 2.63. The summed E-state index contributed by atoms with van der Waals surface area (Å²) in [6.45, 7) is 1.46. The van der Waals surface area contributed by atoms with Crippen molar-refractivity contribution in [2.75, 3.05) is 24.3 Å². The number of ether oxygens (including phenoxy) is 2. The van der Waals surface area contributed by atoms with Gasteiger partial charge >= 0.3 is 5.97 Å². The van der Waals surface area contributed by atoms with Crippen LogP contribution in [0.5, 0.6) is 5.75 Å². The van der Waals surface area contributed by atoms with E-state index in [0.717, 1.165) is 0 Å². The molecule has 0 aliphatic carbocycles. The maximum atomic E-state index is 12.4. The average Bonchev–Trinajstić information content (AvgIpc) is 3.14. The molecule has 1 aromatic rings. The zero-order valence-corrected chi connectivity index (χ0v) is 15.5. The van der Waals surface area contributed by atoms with E-state index in [0.29, 0.717) is 35.6 Å². The summed E-state index contributed by atoms with van der Waals surface area (Å²) in [6, 6.07) is 3.98. The number of nitrogens with one attached hydrogen (secondary N) is 1. The van der Waals surface area contributed by atoms with Crippen molar-refractivity contribution in [2.45, 2.75) is 30.7 Å². The minimum atomic E-state index is -0.654. The topological polar surface area (TPSA) is 102 Å². The highest BCUT2D eigenvalue weighted by Crippen LogP contribution is 2.47. The smallest absolute Gasteiger partial charge is 0.330 e. The van der Waals surface area contributed by atoms with Crippen LogP contribution in [0.15, 0.2) is 18.2 Å². The molecule has 1 N–H and O–H groups in total. The quantitative estimate of drug-likeness (QED) is 0.609. The number of carbonyl (C=O) groups excluding carboxylic acids is 4. The van der Waals surface area contributed by atoms with Crippen LogP contribution in [0.2, 0.25) is 0 Å². The van der Waals surface area contributed by atoms with Crippen LogP contribution in [-0.4, -0.2) is 58.3 Å². The summed E-state index contributed by atoms with van der Waals surface area (Å²) in [5.41, 5.74) is 0.712. The molecule has 9 heteroatoms. The standard InChI is InChI=1S/C18H18N2O6S/c1-18-5-4-16(23)20(18)12(9-27-18)17(24)26-7-13(21)10-2-3-14-11(6-10)19-15(22)8-25-14/h2-3,6,12H,4-5,7-9H2,1H3,(H,19,22)/t12-,18+/m1/s1. The molecule has 0 spiro atoms. The Kier molecular flexibility index (Phi) is 4.33. The first kappa shape index (κ1) is 17.8. The fourth-order valence-corrected chi connectivity index (χ4v) is 4.98. The molecule has 3 aliphatic rings. The van der Waals surface area contributed by atoms with Gasteiger partial charge in [0.05, 0.1) is 10.6 Å². The van der Waals surface area contributed by atoms with Gasteiger partial charge in [-0.1, -0.05) is 0 Å². The van der Waals surface area contributed by atoms with E-state index in [-0.39, 0.29) is 23.3 Å². The van der Waals surface area contributed by atoms with E-state index < -0.39 is 24.4 Å². The highest BCUT2D eigenvalue weighted by Gasteiger charge is 2.53. The van der Waals surface area contributed by atoms with Gasteiger partial charge in [-0.3, -0.25) is 14.4 Å². The van der Waals surface area contributed by atoms with E-state index >= 15 is 0 Å². The molecule has 0 unspecified atom stereocenters. The molecule has 0 radical (unpaired) electrons. The van der Waals surface area contributed by atoms with Gasteiger partial charge in [0, 0.05) is 17.7 Å². The van der Waals surface area contributed by atoms with Crippen LogP contribution in [0.25, 0.3) is 0 Å². The first-order valence-electron chi connectivity index (χ1n) is 8.60. The SMILES string of the molecule is C[C@]12CCC(=O)N1[C@@H](C(=O)OCC(=O)c1ccc3c(c1)NC(=O)CO3)CS2. The number of fused-ring (bicyclic) bond motifs is 2. The van der Waals surface area contributed by atoms with Crippen molar-refractivity contribution < 1.29 is 28.7 Å². The fourth-order valence-electron chi connectivity index (χ4n) is 3.57. The Labute approximate surface area is 159 Å². The predicted octanol–water partition coefficient (Wildman–Crippen LogP) is 1.20. The summed E-state index contributed by atoms with van der Waals surface area (Å²) in [7, 11) is 0. The molecule has 2 atom stereocenters. The largest absolute Gasteiger partial charge is 0.482 e. The molecule has 2 fully saturated rings. The third-order valence-electron chi connectivity index (χ3n) is 5.00. The Morgan fingerprint density at radius 3 is 3.04 bits per heavy atom. The Morgan fingerprint density at radius 2 is 2.22 bits per heavy atom. The predicted molar refractivity (Wildman–Crippen MR) is 96.6 cm³/mol. The highest BCUT2D eigenvalue weighted by molar-refractivity contribution is 8.01. The van der Waals surface area contributed by atoms with E-state index in [1.165, 1.54) is 6.07 Å². The van der Waals surface area contributed by atoms with Crippen LogP contribution >= 0.6 is 11.8 Å². The number of carbonyl (C=O) groups is 4. The van der Waals surface area contributed by atoms with Crippen LogP contribution in [0, 0.1) is 0 Å². The summed E-state index contributed by atoms with van der Waals surface area (Å²) in [5.74, 6) is -0.358. The first-order chi connectivity index (χ1) is 12.9. The van der Waals surface area contributed by atoms with Gasteiger partial charge in [-0.2, -0.15) is 0 Å². The summed E-state index contributed by atoms with van der Waals surface area (Å²) >= 11 is 1.57. The minimum absolute atomic E-state index is 0.0544. The number of anilines is 1. The zero-order chi connectivity index (χ0) is 19.2. The van der Waals surface area contributed by atoms with Crippen molar-refractivity contribution in [2.24, 2.45) is 0 Å². The molecule has 2 amide bonds. The van der Waals surface area contributed by atoms with E-state index in [9.17, 15) is 19.2 Å². The normalized spacial score (nSPS) is 26.1. The second-order valence-corrected chi connectivity index (χ2v) is 8.35. The van der Waals surface area contributed by atoms with Crippen molar-refractivity contribution in [1.82, 2.24) is 4.90 Å². The number of rotatable bonds is 4. The molecule has 4 rings (SSSR count). The Bertz CT molecular complexity index is 856. The number of nitrogens with zero attached hydrogens (tertiary/aromatic N) is 1. The van der Waals surface area contributed by atoms with Crippen molar-refractivity contribution in [3.05, 3.63) is 23.8 Å². The fraction of sp³-hybridized carbons (Fsp3) is 0.444. The van der Waals surface area contributed by atoms with Gasteiger partial charge in [-0.05, 0) is 31.5 Å². The maximum absolute atomic E-state index is 12.4. The first-order valence-corrected chi connectivity index (χ1v) is 9.59. The summed E-state index contributed by atoms with van der Waals surface area (Å²) in [4.78, 5) is 49.5. The molecule has 1 aromatic carbocycles. The molecular formula is C18H18N2O6S. The lowest BCUT2D eigenvalue weighted by molar-refractivity contribution is -0.152. The van der Waals surface area contributed by atoms with Gasteiger partial charge in [-0.15, -0.1) is 11.8 Å². The van der Waals surface area contributed by atoms with Crippen LogP contribution in [0.1, 0.15) is 30.1 Å². The number of ketones is 1. The second kappa shape index (κ2) is 6.56. The van der Waals surface area contributed by atoms with Gasteiger partial charge in [0.1, 0.15) is 11.8 Å². The van der Waals surface area contributed by atoms with Gasteiger partial charge in [0.2, 0.25) is 5.91 Å². The number of thioether (sulfide) groups is 1. The lowest BCUT2D eigenvalue weighted by Gasteiger charge is -2.29. The number of benzene rings is 1. The number of amides is 2. The lowest BCUT2D eigenvalue weighted by atomic mass is 10.1. The van der Waals surface area contributed by atoms with Gasteiger partial charge in [-0.25, -0.2) is 4.79 Å².